The van der Waals surface area contributed by atoms with E-state index in [2.05, 4.69) is 4.98 Å². The number of aryl methyl sites for hydroxylation is 1. The summed E-state index contributed by atoms with van der Waals surface area (Å²) >= 11 is 12.3. The molecule has 0 saturated carbocycles. The zero-order chi connectivity index (χ0) is 19.0. The van der Waals surface area contributed by atoms with Gasteiger partial charge in [0.25, 0.3) is 11.5 Å². The third kappa shape index (κ3) is 3.37. The molecule has 0 unspecified atom stereocenters. The van der Waals surface area contributed by atoms with Crippen LogP contribution in [0.15, 0.2) is 28.0 Å². The Balaban J connectivity index is 2.03. The maximum atomic E-state index is 12.7. The van der Waals surface area contributed by atoms with Crippen LogP contribution in [0.25, 0.3) is 11.7 Å². The third-order valence-corrected chi connectivity index (χ3v) is 5.40. The summed E-state index contributed by atoms with van der Waals surface area (Å²) < 4.78 is 1.60. The summed E-state index contributed by atoms with van der Waals surface area (Å²) in [5.41, 5.74) is 0.903. The van der Waals surface area contributed by atoms with Crippen molar-refractivity contribution in [3.05, 3.63) is 49.9 Å². The largest absolute Gasteiger partial charge is 0.481 e. The van der Waals surface area contributed by atoms with Gasteiger partial charge in [-0.15, -0.1) is 0 Å². The van der Waals surface area contributed by atoms with E-state index in [1.807, 2.05) is 13.0 Å². The second kappa shape index (κ2) is 7.18. The number of carbonyl (C=O) groups is 2. The molecule has 0 radical (unpaired) electrons. The highest BCUT2D eigenvalue weighted by Crippen LogP contribution is 2.33. The Morgan fingerprint density at radius 3 is 2.88 bits per heavy atom. The van der Waals surface area contributed by atoms with Gasteiger partial charge in [-0.25, -0.2) is 4.98 Å². The van der Waals surface area contributed by atoms with Crippen molar-refractivity contribution in [3.8, 4) is 0 Å². The minimum Gasteiger partial charge on any atom is -0.481 e. The van der Waals surface area contributed by atoms with Crippen LogP contribution in [0.3, 0.4) is 0 Å². The maximum absolute atomic E-state index is 12.7. The average molecular weight is 410 g/mol. The summed E-state index contributed by atoms with van der Waals surface area (Å²) in [6.07, 6.45) is 2.70. The quantitative estimate of drug-likeness (QED) is 0.470. The molecule has 0 aromatic carbocycles. The topological polar surface area (TPSA) is 92.0 Å². The molecule has 0 aliphatic carbocycles. The Kier molecular flexibility index (Phi) is 5.12. The van der Waals surface area contributed by atoms with Crippen LogP contribution in [0.1, 0.15) is 17.5 Å². The molecule has 1 N–H and O–H groups in total. The van der Waals surface area contributed by atoms with Crippen molar-refractivity contribution in [2.45, 2.75) is 13.3 Å². The number of thioether (sulfide) groups is 1. The van der Waals surface area contributed by atoms with E-state index in [1.54, 1.807) is 12.3 Å². The minimum absolute atomic E-state index is 0.0138. The van der Waals surface area contributed by atoms with Crippen molar-refractivity contribution < 1.29 is 14.7 Å². The van der Waals surface area contributed by atoms with Crippen molar-refractivity contribution in [2.75, 3.05) is 6.54 Å². The molecule has 3 heterocycles. The number of pyridine rings is 1. The lowest BCUT2D eigenvalue weighted by atomic mass is 10.2. The Bertz CT molecular complexity index is 1050. The van der Waals surface area contributed by atoms with E-state index < -0.39 is 17.4 Å². The zero-order valence-corrected chi connectivity index (χ0v) is 15.8. The van der Waals surface area contributed by atoms with Gasteiger partial charge in [-0.3, -0.25) is 23.7 Å². The van der Waals surface area contributed by atoms with E-state index in [0.717, 1.165) is 17.3 Å². The molecule has 134 valence electrons. The lowest BCUT2D eigenvalue weighted by Gasteiger charge is -2.12. The number of carbonyl (C=O) groups excluding carboxylic acids is 1. The Morgan fingerprint density at radius 2 is 2.19 bits per heavy atom. The molecular weight excluding hydrogens is 398 g/mol. The predicted molar refractivity (Wildman–Crippen MR) is 103 cm³/mol. The molecule has 2 aromatic heterocycles. The van der Waals surface area contributed by atoms with Gasteiger partial charge in [0, 0.05) is 12.7 Å². The lowest BCUT2D eigenvalue weighted by Crippen LogP contribution is -2.30. The highest BCUT2D eigenvalue weighted by molar-refractivity contribution is 8.26. The average Bonchev–Trinajstić information content (AvgIpc) is 2.84. The van der Waals surface area contributed by atoms with Crippen molar-refractivity contribution in [1.82, 2.24) is 14.3 Å². The van der Waals surface area contributed by atoms with Gasteiger partial charge in [-0.2, -0.15) is 0 Å². The van der Waals surface area contributed by atoms with E-state index in [9.17, 15) is 14.4 Å². The summed E-state index contributed by atoms with van der Waals surface area (Å²) in [4.78, 5) is 41.5. The number of halogens is 1. The molecule has 10 heteroatoms. The number of hydrogen-bond acceptors (Lipinski definition) is 6. The van der Waals surface area contributed by atoms with Crippen LogP contribution in [-0.2, 0) is 9.59 Å². The van der Waals surface area contributed by atoms with Crippen LogP contribution < -0.4 is 5.56 Å². The van der Waals surface area contributed by atoms with Gasteiger partial charge in [0.2, 0.25) is 0 Å². The zero-order valence-electron chi connectivity index (χ0n) is 13.4. The number of amides is 1. The molecule has 7 nitrogen and oxygen atoms in total. The standard InChI is InChI=1S/C16H12ClN3O4S2/c1-8-3-2-5-19-13(8)18-12(17)9(14(19)23)7-10-15(24)20(16(25)26-10)6-4-11(21)22/h2-3,5,7H,4,6H2,1H3,(H,21,22). The van der Waals surface area contributed by atoms with E-state index >= 15 is 0 Å². The SMILES string of the molecule is Cc1cccn2c(=O)c(C=C3SC(=S)N(CCC(=O)O)C3=O)c(Cl)nc12. The fourth-order valence-electron chi connectivity index (χ4n) is 2.44. The Morgan fingerprint density at radius 1 is 1.46 bits per heavy atom. The van der Waals surface area contributed by atoms with Gasteiger partial charge in [0.15, 0.2) is 0 Å². The summed E-state index contributed by atoms with van der Waals surface area (Å²) in [6.45, 7) is 1.78. The first-order valence-electron chi connectivity index (χ1n) is 7.44. The van der Waals surface area contributed by atoms with Crippen LogP contribution >= 0.6 is 35.6 Å². The van der Waals surface area contributed by atoms with Crippen LogP contribution in [0, 0.1) is 6.92 Å². The van der Waals surface area contributed by atoms with Crippen molar-refractivity contribution >= 4 is 63.5 Å². The number of thiocarbonyl (C=S) groups is 1. The summed E-state index contributed by atoms with van der Waals surface area (Å²) in [6, 6.07) is 3.53. The second-order valence-corrected chi connectivity index (χ2v) is 7.52. The first kappa shape index (κ1) is 18.6. The normalized spacial score (nSPS) is 16.1. The highest BCUT2D eigenvalue weighted by Gasteiger charge is 2.32. The predicted octanol–water partition coefficient (Wildman–Crippen LogP) is 2.33. The molecule has 26 heavy (non-hydrogen) atoms. The number of fused-ring (bicyclic) bond motifs is 1. The number of rotatable bonds is 4. The van der Waals surface area contributed by atoms with Gasteiger partial charge < -0.3 is 5.11 Å². The smallest absolute Gasteiger partial charge is 0.305 e. The van der Waals surface area contributed by atoms with Gasteiger partial charge in [-0.1, -0.05) is 41.6 Å². The van der Waals surface area contributed by atoms with Gasteiger partial charge >= 0.3 is 5.97 Å². The number of carboxylic acid groups (broad SMARTS) is 1. The Hall–Kier alpha value is -2.23. The summed E-state index contributed by atoms with van der Waals surface area (Å²) in [5.74, 6) is -1.48. The molecule has 2 aromatic rings. The number of aromatic nitrogens is 2. The number of nitrogens with zero attached hydrogens (tertiary/aromatic N) is 3. The molecule has 1 aliphatic rings. The first-order chi connectivity index (χ1) is 12.3. The van der Waals surface area contributed by atoms with Crippen molar-refractivity contribution in [2.24, 2.45) is 0 Å². The Labute approximate surface area is 162 Å². The van der Waals surface area contributed by atoms with Gasteiger partial charge in [0.1, 0.15) is 15.1 Å². The van der Waals surface area contributed by atoms with E-state index in [4.69, 9.17) is 28.9 Å². The highest BCUT2D eigenvalue weighted by atomic mass is 35.5. The summed E-state index contributed by atoms with van der Waals surface area (Å²) in [5, 5.41) is 8.76. The van der Waals surface area contributed by atoms with Gasteiger partial charge in [-0.05, 0) is 24.6 Å². The lowest BCUT2D eigenvalue weighted by molar-refractivity contribution is -0.137. The number of carboxylic acids is 1. The van der Waals surface area contributed by atoms with E-state index in [0.29, 0.717) is 5.65 Å². The molecule has 0 bridgehead atoms. The van der Waals surface area contributed by atoms with Crippen LogP contribution in [0.4, 0.5) is 0 Å². The minimum atomic E-state index is -1.03. The van der Waals surface area contributed by atoms with Crippen LogP contribution in [0.5, 0.6) is 0 Å². The molecule has 1 amide bonds. The monoisotopic (exact) mass is 409 g/mol. The fraction of sp³-hybridized carbons (Fsp3) is 0.188. The molecule has 3 rings (SSSR count). The van der Waals surface area contributed by atoms with E-state index in [1.165, 1.54) is 15.4 Å². The van der Waals surface area contributed by atoms with Crippen molar-refractivity contribution in [3.63, 3.8) is 0 Å². The second-order valence-electron chi connectivity index (χ2n) is 5.48. The molecule has 1 saturated heterocycles. The number of aliphatic carboxylic acids is 1. The van der Waals surface area contributed by atoms with Crippen LogP contribution in [0.2, 0.25) is 5.15 Å². The van der Waals surface area contributed by atoms with Gasteiger partial charge in [0.05, 0.1) is 16.9 Å². The first-order valence-corrected chi connectivity index (χ1v) is 9.04. The molecular formula is C16H12ClN3O4S2. The molecule has 0 spiro atoms. The van der Waals surface area contributed by atoms with E-state index in [-0.39, 0.29) is 32.9 Å². The fourth-order valence-corrected chi connectivity index (χ4v) is 3.94. The molecule has 1 aliphatic heterocycles. The molecule has 1 fully saturated rings. The maximum Gasteiger partial charge on any atom is 0.305 e. The molecule has 0 atom stereocenters. The van der Waals surface area contributed by atoms with Crippen LogP contribution in [-0.4, -0.2) is 42.1 Å². The number of hydrogen-bond donors (Lipinski definition) is 1. The third-order valence-electron chi connectivity index (χ3n) is 3.74. The summed E-state index contributed by atoms with van der Waals surface area (Å²) in [7, 11) is 0. The van der Waals surface area contributed by atoms with Crippen molar-refractivity contribution in [1.29, 1.82) is 0 Å².